The highest BCUT2D eigenvalue weighted by Crippen LogP contribution is 2.23. The molecule has 1 aromatic carbocycles. The fourth-order valence-electron chi connectivity index (χ4n) is 3.48. The van der Waals surface area contributed by atoms with Crippen LogP contribution in [0, 0.1) is 5.92 Å². The van der Waals surface area contributed by atoms with E-state index in [9.17, 15) is 0 Å². The van der Waals surface area contributed by atoms with Gasteiger partial charge >= 0.3 is 0 Å². The molecule has 4 nitrogen and oxygen atoms in total. The fraction of sp³-hybridized carbons (Fsp3) is 0.588. The summed E-state index contributed by atoms with van der Waals surface area (Å²) in [5.41, 5.74) is 8.20. The highest BCUT2D eigenvalue weighted by Gasteiger charge is 2.22. The van der Waals surface area contributed by atoms with Crippen molar-refractivity contribution in [2.45, 2.75) is 44.7 Å². The summed E-state index contributed by atoms with van der Waals surface area (Å²) in [6.45, 7) is 2.91. The van der Waals surface area contributed by atoms with E-state index >= 15 is 0 Å². The summed E-state index contributed by atoms with van der Waals surface area (Å²) in [6.07, 6.45) is 8.36. The van der Waals surface area contributed by atoms with E-state index in [2.05, 4.69) is 33.1 Å². The Bertz CT molecular complexity index is 563. The minimum absolute atomic E-state index is 0.628. The number of nitrogens with two attached hydrogens (primary N) is 1. The molecule has 2 aromatic rings. The van der Waals surface area contributed by atoms with Crippen LogP contribution in [0.15, 0.2) is 30.6 Å². The SMILES string of the molecule is NCC1CCCCC1NCCCn1cnc2ccccc21. The highest BCUT2D eigenvalue weighted by molar-refractivity contribution is 5.74. The van der Waals surface area contributed by atoms with Crippen LogP contribution in [0.1, 0.15) is 32.1 Å². The summed E-state index contributed by atoms with van der Waals surface area (Å²) < 4.78 is 2.25. The van der Waals surface area contributed by atoms with Crippen molar-refractivity contribution in [2.24, 2.45) is 11.7 Å². The van der Waals surface area contributed by atoms with Crippen molar-refractivity contribution in [3.05, 3.63) is 30.6 Å². The Morgan fingerprint density at radius 2 is 2.10 bits per heavy atom. The summed E-state index contributed by atoms with van der Waals surface area (Å²) in [6, 6.07) is 8.95. The predicted molar refractivity (Wildman–Crippen MR) is 87.2 cm³/mol. The number of para-hydroxylation sites is 2. The molecule has 3 rings (SSSR count). The molecule has 3 N–H and O–H groups in total. The second-order valence-electron chi connectivity index (χ2n) is 6.12. The van der Waals surface area contributed by atoms with Crippen LogP contribution in [-0.4, -0.2) is 28.7 Å². The van der Waals surface area contributed by atoms with Crippen LogP contribution in [0.25, 0.3) is 11.0 Å². The molecule has 1 heterocycles. The van der Waals surface area contributed by atoms with Gasteiger partial charge in [-0.25, -0.2) is 4.98 Å². The molecule has 1 aromatic heterocycles. The third kappa shape index (κ3) is 3.44. The first kappa shape index (κ1) is 14.5. The van der Waals surface area contributed by atoms with E-state index in [1.807, 2.05) is 12.4 Å². The topological polar surface area (TPSA) is 55.9 Å². The number of benzene rings is 1. The standard InChI is InChI=1S/C17H26N4/c18-12-14-6-1-2-7-15(14)19-10-5-11-21-13-20-16-8-3-4-9-17(16)21/h3-4,8-9,13-15,19H,1-2,5-7,10-12,18H2. The summed E-state index contributed by atoms with van der Waals surface area (Å²) in [5.74, 6) is 0.674. The number of nitrogens with one attached hydrogen (secondary N) is 1. The van der Waals surface area contributed by atoms with Crippen molar-refractivity contribution in [1.82, 2.24) is 14.9 Å². The molecular formula is C17H26N4. The van der Waals surface area contributed by atoms with Gasteiger partial charge in [0, 0.05) is 12.6 Å². The highest BCUT2D eigenvalue weighted by atomic mass is 15.0. The van der Waals surface area contributed by atoms with Crippen LogP contribution >= 0.6 is 0 Å². The molecule has 2 atom stereocenters. The third-order valence-corrected chi connectivity index (χ3v) is 4.72. The average Bonchev–Trinajstić information content (AvgIpc) is 2.95. The van der Waals surface area contributed by atoms with E-state index in [0.717, 1.165) is 31.6 Å². The first-order chi connectivity index (χ1) is 10.4. The minimum Gasteiger partial charge on any atom is -0.331 e. The van der Waals surface area contributed by atoms with E-state index in [4.69, 9.17) is 5.73 Å². The van der Waals surface area contributed by atoms with Crippen molar-refractivity contribution in [3.8, 4) is 0 Å². The molecule has 0 aliphatic heterocycles. The van der Waals surface area contributed by atoms with Gasteiger partial charge in [0.15, 0.2) is 0 Å². The molecule has 0 bridgehead atoms. The van der Waals surface area contributed by atoms with E-state index in [-0.39, 0.29) is 0 Å². The predicted octanol–water partition coefficient (Wildman–Crippen LogP) is 2.53. The van der Waals surface area contributed by atoms with Gasteiger partial charge in [0.25, 0.3) is 0 Å². The number of aromatic nitrogens is 2. The van der Waals surface area contributed by atoms with Gasteiger partial charge in [-0.2, -0.15) is 0 Å². The van der Waals surface area contributed by atoms with Gasteiger partial charge < -0.3 is 15.6 Å². The van der Waals surface area contributed by atoms with Gasteiger partial charge in [-0.3, -0.25) is 0 Å². The lowest BCUT2D eigenvalue weighted by molar-refractivity contribution is 0.267. The lowest BCUT2D eigenvalue weighted by Gasteiger charge is -2.31. The van der Waals surface area contributed by atoms with Crippen LogP contribution in [0.2, 0.25) is 0 Å². The Balaban J connectivity index is 1.48. The second kappa shape index (κ2) is 7.05. The summed E-state index contributed by atoms with van der Waals surface area (Å²) in [7, 11) is 0. The zero-order valence-electron chi connectivity index (χ0n) is 12.7. The number of imidazole rings is 1. The zero-order valence-corrected chi connectivity index (χ0v) is 12.7. The number of fused-ring (bicyclic) bond motifs is 1. The quantitative estimate of drug-likeness (QED) is 0.802. The molecule has 1 aliphatic rings. The maximum absolute atomic E-state index is 5.88. The first-order valence-corrected chi connectivity index (χ1v) is 8.22. The van der Waals surface area contributed by atoms with Crippen LogP contribution < -0.4 is 11.1 Å². The Morgan fingerprint density at radius 3 is 3.00 bits per heavy atom. The van der Waals surface area contributed by atoms with Crippen molar-refractivity contribution >= 4 is 11.0 Å². The molecule has 1 aliphatic carbocycles. The van der Waals surface area contributed by atoms with Gasteiger partial charge in [0.2, 0.25) is 0 Å². The molecule has 0 amide bonds. The zero-order chi connectivity index (χ0) is 14.5. The van der Waals surface area contributed by atoms with E-state index in [0.29, 0.717) is 12.0 Å². The van der Waals surface area contributed by atoms with Gasteiger partial charge in [0.1, 0.15) is 0 Å². The van der Waals surface area contributed by atoms with Gasteiger partial charge in [-0.1, -0.05) is 25.0 Å². The second-order valence-corrected chi connectivity index (χ2v) is 6.12. The van der Waals surface area contributed by atoms with Crippen molar-refractivity contribution in [2.75, 3.05) is 13.1 Å². The molecule has 114 valence electrons. The first-order valence-electron chi connectivity index (χ1n) is 8.22. The molecule has 2 unspecified atom stereocenters. The van der Waals surface area contributed by atoms with Gasteiger partial charge in [0.05, 0.1) is 17.4 Å². The van der Waals surface area contributed by atoms with Crippen LogP contribution in [0.5, 0.6) is 0 Å². The molecule has 0 spiro atoms. The summed E-state index contributed by atoms with van der Waals surface area (Å²) in [4.78, 5) is 4.44. The van der Waals surface area contributed by atoms with E-state index in [1.54, 1.807) is 0 Å². The number of nitrogens with zero attached hydrogens (tertiary/aromatic N) is 2. The van der Waals surface area contributed by atoms with Crippen LogP contribution in [-0.2, 0) is 6.54 Å². The lowest BCUT2D eigenvalue weighted by atomic mass is 9.84. The van der Waals surface area contributed by atoms with Crippen molar-refractivity contribution < 1.29 is 0 Å². The molecule has 4 heteroatoms. The van der Waals surface area contributed by atoms with Crippen LogP contribution in [0.4, 0.5) is 0 Å². The van der Waals surface area contributed by atoms with E-state index < -0.39 is 0 Å². The smallest absolute Gasteiger partial charge is 0.0958 e. The Morgan fingerprint density at radius 1 is 1.24 bits per heavy atom. The maximum atomic E-state index is 5.88. The number of hydrogen-bond acceptors (Lipinski definition) is 3. The largest absolute Gasteiger partial charge is 0.331 e. The monoisotopic (exact) mass is 286 g/mol. The molecule has 21 heavy (non-hydrogen) atoms. The average molecular weight is 286 g/mol. The normalized spacial score (nSPS) is 22.7. The van der Waals surface area contributed by atoms with Crippen molar-refractivity contribution in [1.29, 1.82) is 0 Å². The summed E-state index contributed by atoms with van der Waals surface area (Å²) >= 11 is 0. The third-order valence-electron chi connectivity index (χ3n) is 4.72. The summed E-state index contributed by atoms with van der Waals surface area (Å²) in [5, 5.41) is 3.72. The molecule has 0 saturated heterocycles. The number of aryl methyl sites for hydroxylation is 1. The maximum Gasteiger partial charge on any atom is 0.0958 e. The van der Waals surface area contributed by atoms with Gasteiger partial charge in [-0.15, -0.1) is 0 Å². The minimum atomic E-state index is 0.628. The van der Waals surface area contributed by atoms with Crippen molar-refractivity contribution in [3.63, 3.8) is 0 Å². The number of hydrogen-bond donors (Lipinski definition) is 2. The molecular weight excluding hydrogens is 260 g/mol. The fourth-order valence-corrected chi connectivity index (χ4v) is 3.48. The number of rotatable bonds is 6. The molecule has 1 fully saturated rings. The Hall–Kier alpha value is -1.39. The Labute approximate surface area is 126 Å². The van der Waals surface area contributed by atoms with Gasteiger partial charge in [-0.05, 0) is 50.4 Å². The van der Waals surface area contributed by atoms with E-state index in [1.165, 1.54) is 31.2 Å². The molecule has 1 saturated carbocycles. The lowest BCUT2D eigenvalue weighted by Crippen LogP contribution is -2.42. The van der Waals surface area contributed by atoms with Crippen LogP contribution in [0.3, 0.4) is 0 Å². The Kier molecular flexibility index (Phi) is 4.88. The molecule has 0 radical (unpaired) electrons.